The molecular weight excluding hydrogens is 376 g/mol. The fourth-order valence-corrected chi connectivity index (χ4v) is 2.93. The third kappa shape index (κ3) is 4.59. The number of anilines is 1. The molecule has 0 heterocycles. The van der Waals surface area contributed by atoms with E-state index in [1.165, 1.54) is 0 Å². The minimum atomic E-state index is -0.462. The number of primary amides is 1. The van der Waals surface area contributed by atoms with Crippen molar-refractivity contribution in [1.29, 1.82) is 0 Å². The molecule has 0 atom stereocenters. The lowest BCUT2D eigenvalue weighted by Crippen LogP contribution is -2.10. The van der Waals surface area contributed by atoms with Crippen LogP contribution in [0.15, 0.2) is 97.1 Å². The van der Waals surface area contributed by atoms with Gasteiger partial charge in [0.15, 0.2) is 0 Å². The Morgan fingerprint density at radius 1 is 0.533 bits per heavy atom. The van der Waals surface area contributed by atoms with Crippen molar-refractivity contribution >= 4 is 11.6 Å². The normalized spacial score (nSPS) is 10.4. The second kappa shape index (κ2) is 8.41. The molecule has 0 spiro atoms. The van der Waals surface area contributed by atoms with Gasteiger partial charge in [-0.15, -0.1) is 0 Å². The second-order valence-electron chi connectivity index (χ2n) is 6.71. The maximum atomic E-state index is 11.1. The first-order valence-electron chi connectivity index (χ1n) is 9.38. The van der Waals surface area contributed by atoms with E-state index in [0.717, 1.165) is 22.6 Å². The third-order valence-corrected chi connectivity index (χ3v) is 4.53. The standard InChI is InChI=1S/C25H20N2O3/c26-20-7-15-24(16-8-20)30-22-11-3-18(4-12-22)17-1-9-21(10-2-17)29-23-13-5-19(6-14-23)25(27)28/h1-16H,26H2,(H2,27,28). The molecule has 5 heteroatoms. The molecule has 5 nitrogen and oxygen atoms in total. The summed E-state index contributed by atoms with van der Waals surface area (Å²) in [7, 11) is 0. The van der Waals surface area contributed by atoms with E-state index in [9.17, 15) is 4.79 Å². The molecule has 4 rings (SSSR count). The number of hydrogen-bond donors (Lipinski definition) is 2. The molecule has 4 aromatic carbocycles. The van der Waals surface area contributed by atoms with Crippen LogP contribution in [-0.4, -0.2) is 5.91 Å². The van der Waals surface area contributed by atoms with E-state index < -0.39 is 5.91 Å². The van der Waals surface area contributed by atoms with E-state index in [2.05, 4.69) is 0 Å². The quantitative estimate of drug-likeness (QED) is 0.414. The van der Waals surface area contributed by atoms with Crippen molar-refractivity contribution in [2.75, 3.05) is 5.73 Å². The Labute approximate surface area is 174 Å². The molecule has 1 amide bonds. The lowest BCUT2D eigenvalue weighted by atomic mass is 10.1. The van der Waals surface area contributed by atoms with Crippen molar-refractivity contribution in [2.45, 2.75) is 0 Å². The van der Waals surface area contributed by atoms with E-state index in [-0.39, 0.29) is 0 Å². The summed E-state index contributed by atoms with van der Waals surface area (Å²) in [5, 5.41) is 0. The zero-order chi connectivity index (χ0) is 20.9. The number of nitrogens with two attached hydrogens (primary N) is 2. The number of hydrogen-bond acceptors (Lipinski definition) is 4. The summed E-state index contributed by atoms with van der Waals surface area (Å²) in [5.41, 5.74) is 14.2. The Kier molecular flexibility index (Phi) is 5.35. The van der Waals surface area contributed by atoms with E-state index in [4.69, 9.17) is 20.9 Å². The van der Waals surface area contributed by atoms with Crippen molar-refractivity contribution in [1.82, 2.24) is 0 Å². The van der Waals surface area contributed by atoms with Crippen LogP contribution in [0.5, 0.6) is 23.0 Å². The SMILES string of the molecule is NC(=O)c1ccc(Oc2ccc(-c3ccc(Oc4ccc(N)cc4)cc3)cc2)cc1. The van der Waals surface area contributed by atoms with Crippen LogP contribution in [0.25, 0.3) is 11.1 Å². The number of amides is 1. The van der Waals surface area contributed by atoms with Crippen LogP contribution in [0.3, 0.4) is 0 Å². The van der Waals surface area contributed by atoms with Gasteiger partial charge in [-0.3, -0.25) is 4.79 Å². The number of carbonyl (C=O) groups excluding carboxylic acids is 1. The average molecular weight is 396 g/mol. The summed E-state index contributed by atoms with van der Waals surface area (Å²) in [6.07, 6.45) is 0. The maximum Gasteiger partial charge on any atom is 0.248 e. The van der Waals surface area contributed by atoms with Crippen LogP contribution in [-0.2, 0) is 0 Å². The average Bonchev–Trinajstić information content (AvgIpc) is 2.77. The molecule has 0 saturated carbocycles. The van der Waals surface area contributed by atoms with Crippen LogP contribution < -0.4 is 20.9 Å². The molecular formula is C25H20N2O3. The van der Waals surface area contributed by atoms with Gasteiger partial charge < -0.3 is 20.9 Å². The van der Waals surface area contributed by atoms with Crippen molar-refractivity contribution in [3.8, 4) is 34.1 Å². The van der Waals surface area contributed by atoms with Gasteiger partial charge >= 0.3 is 0 Å². The molecule has 0 aromatic heterocycles. The van der Waals surface area contributed by atoms with Gasteiger partial charge in [-0.25, -0.2) is 0 Å². The zero-order valence-corrected chi connectivity index (χ0v) is 16.1. The van der Waals surface area contributed by atoms with Gasteiger partial charge in [-0.05, 0) is 83.9 Å². The molecule has 4 aromatic rings. The highest BCUT2D eigenvalue weighted by Crippen LogP contribution is 2.29. The third-order valence-electron chi connectivity index (χ3n) is 4.53. The lowest BCUT2D eigenvalue weighted by Gasteiger charge is -2.09. The first-order chi connectivity index (χ1) is 14.6. The monoisotopic (exact) mass is 396 g/mol. The fourth-order valence-electron chi connectivity index (χ4n) is 2.93. The van der Waals surface area contributed by atoms with Gasteiger partial charge in [0.05, 0.1) is 0 Å². The van der Waals surface area contributed by atoms with E-state index in [0.29, 0.717) is 22.7 Å². The summed E-state index contributed by atoms with van der Waals surface area (Å²) >= 11 is 0. The van der Waals surface area contributed by atoms with Crippen molar-refractivity contribution in [3.63, 3.8) is 0 Å². The highest BCUT2D eigenvalue weighted by Gasteiger charge is 2.04. The number of nitrogen functional groups attached to an aromatic ring is 1. The Hall–Kier alpha value is -4.25. The molecule has 0 aliphatic heterocycles. The molecule has 148 valence electrons. The summed E-state index contributed by atoms with van der Waals surface area (Å²) in [5.74, 6) is 2.37. The van der Waals surface area contributed by atoms with E-state index >= 15 is 0 Å². The van der Waals surface area contributed by atoms with Gasteiger partial charge in [0.25, 0.3) is 0 Å². The number of rotatable bonds is 6. The number of benzene rings is 4. The molecule has 4 N–H and O–H groups in total. The summed E-state index contributed by atoms with van der Waals surface area (Å²) in [6.45, 7) is 0. The first-order valence-corrected chi connectivity index (χ1v) is 9.38. The van der Waals surface area contributed by atoms with Crippen molar-refractivity contribution in [3.05, 3.63) is 103 Å². The highest BCUT2D eigenvalue weighted by molar-refractivity contribution is 5.92. The molecule has 0 fully saturated rings. The molecule has 0 aliphatic carbocycles. The van der Waals surface area contributed by atoms with Crippen LogP contribution in [0, 0.1) is 0 Å². The van der Waals surface area contributed by atoms with Gasteiger partial charge in [0.1, 0.15) is 23.0 Å². The van der Waals surface area contributed by atoms with Gasteiger partial charge in [0, 0.05) is 11.3 Å². The highest BCUT2D eigenvalue weighted by atomic mass is 16.5. The summed E-state index contributed by atoms with van der Waals surface area (Å²) in [6, 6.07) is 29.6. The fraction of sp³-hybridized carbons (Fsp3) is 0. The van der Waals surface area contributed by atoms with Gasteiger partial charge in [-0.2, -0.15) is 0 Å². The minimum absolute atomic E-state index is 0.446. The second-order valence-corrected chi connectivity index (χ2v) is 6.71. The van der Waals surface area contributed by atoms with Crippen molar-refractivity contribution in [2.24, 2.45) is 5.73 Å². The summed E-state index contributed by atoms with van der Waals surface area (Å²) in [4.78, 5) is 11.1. The Balaban J connectivity index is 1.42. The summed E-state index contributed by atoms with van der Waals surface area (Å²) < 4.78 is 11.6. The van der Waals surface area contributed by atoms with Crippen LogP contribution in [0.1, 0.15) is 10.4 Å². The first kappa shape index (κ1) is 19.1. The largest absolute Gasteiger partial charge is 0.457 e. The smallest absolute Gasteiger partial charge is 0.248 e. The molecule has 0 bridgehead atoms. The maximum absolute atomic E-state index is 11.1. The number of ether oxygens (including phenoxy) is 2. The molecule has 0 unspecified atom stereocenters. The predicted molar refractivity (Wildman–Crippen MR) is 118 cm³/mol. The Bertz CT molecular complexity index is 1140. The number of carbonyl (C=O) groups is 1. The van der Waals surface area contributed by atoms with Crippen LogP contribution >= 0.6 is 0 Å². The van der Waals surface area contributed by atoms with E-state index in [1.54, 1.807) is 36.4 Å². The van der Waals surface area contributed by atoms with Crippen molar-refractivity contribution < 1.29 is 14.3 Å². The van der Waals surface area contributed by atoms with Gasteiger partial charge in [0.2, 0.25) is 5.91 Å². The van der Waals surface area contributed by atoms with Crippen LogP contribution in [0.2, 0.25) is 0 Å². The Morgan fingerprint density at radius 2 is 0.867 bits per heavy atom. The molecule has 30 heavy (non-hydrogen) atoms. The molecule has 0 aliphatic rings. The topological polar surface area (TPSA) is 87.6 Å². The molecule has 0 radical (unpaired) electrons. The Morgan fingerprint density at radius 3 is 1.23 bits per heavy atom. The minimum Gasteiger partial charge on any atom is -0.457 e. The molecule has 0 saturated heterocycles. The predicted octanol–water partition coefficient (Wildman–Crippen LogP) is 5.62. The lowest BCUT2D eigenvalue weighted by molar-refractivity contribution is 0.100. The zero-order valence-electron chi connectivity index (χ0n) is 16.1. The van der Waals surface area contributed by atoms with E-state index in [1.807, 2.05) is 60.7 Å². The van der Waals surface area contributed by atoms with Crippen LogP contribution in [0.4, 0.5) is 5.69 Å². The van der Waals surface area contributed by atoms with Gasteiger partial charge in [-0.1, -0.05) is 24.3 Å².